The molecule has 9 nitrogen and oxygen atoms in total. The molecule has 30 heavy (non-hydrogen) atoms. The third-order valence-electron chi connectivity index (χ3n) is 4.54. The number of esters is 1. The summed E-state index contributed by atoms with van der Waals surface area (Å²) in [6.07, 6.45) is 0. The highest BCUT2D eigenvalue weighted by Crippen LogP contribution is 2.19. The van der Waals surface area contributed by atoms with Crippen molar-refractivity contribution in [3.8, 4) is 0 Å². The van der Waals surface area contributed by atoms with Crippen LogP contribution in [0.1, 0.15) is 34.2 Å². The second kappa shape index (κ2) is 9.88. The molecule has 1 heterocycles. The molecular formula is C20H27N3O6S. The van der Waals surface area contributed by atoms with Crippen LogP contribution in [0.15, 0.2) is 35.2 Å². The first-order chi connectivity index (χ1) is 14.0. The van der Waals surface area contributed by atoms with Crippen LogP contribution in [0.2, 0.25) is 0 Å². The number of aromatic nitrogens is 1. The topological polar surface area (TPSA) is 130 Å². The maximum absolute atomic E-state index is 12.4. The first-order valence-corrected chi connectivity index (χ1v) is 10.8. The van der Waals surface area contributed by atoms with E-state index < -0.39 is 21.9 Å². The number of carbonyl (C=O) groups is 2. The molecule has 0 aliphatic heterocycles. The Morgan fingerprint density at radius 1 is 1.20 bits per heavy atom. The van der Waals surface area contributed by atoms with Gasteiger partial charge in [-0.1, -0.05) is 12.1 Å². The second-order valence-electron chi connectivity index (χ2n) is 7.06. The van der Waals surface area contributed by atoms with Crippen molar-refractivity contribution in [1.29, 1.82) is 0 Å². The van der Waals surface area contributed by atoms with Gasteiger partial charge in [-0.15, -0.1) is 0 Å². The fraction of sp³-hybridized carbons (Fsp3) is 0.400. The van der Waals surface area contributed by atoms with Crippen LogP contribution in [0.25, 0.3) is 0 Å². The molecule has 2 aromatic rings. The third-order valence-corrected chi connectivity index (χ3v) is 5.47. The molecule has 0 bridgehead atoms. The lowest BCUT2D eigenvalue weighted by molar-refractivity contribution is -0.125. The van der Waals surface area contributed by atoms with Crippen molar-refractivity contribution in [2.24, 2.45) is 5.14 Å². The van der Waals surface area contributed by atoms with Crippen molar-refractivity contribution < 1.29 is 27.5 Å². The van der Waals surface area contributed by atoms with E-state index in [4.69, 9.17) is 14.6 Å². The Hall–Kier alpha value is -2.69. The number of nitrogens with zero attached hydrogens (tertiary/aromatic N) is 1. The number of nitrogens with two attached hydrogens (primary N) is 1. The number of primary sulfonamides is 1. The highest BCUT2D eigenvalue weighted by molar-refractivity contribution is 7.89. The smallest absolute Gasteiger partial charge is 0.340 e. The minimum atomic E-state index is -3.75. The van der Waals surface area contributed by atoms with Gasteiger partial charge in [-0.05, 0) is 44.5 Å². The van der Waals surface area contributed by atoms with Gasteiger partial charge in [0, 0.05) is 31.1 Å². The highest BCUT2D eigenvalue weighted by Gasteiger charge is 2.19. The minimum Gasteiger partial charge on any atom is -0.452 e. The van der Waals surface area contributed by atoms with Crippen LogP contribution in [0.5, 0.6) is 0 Å². The highest BCUT2D eigenvalue weighted by atomic mass is 32.2. The average molecular weight is 438 g/mol. The Labute approximate surface area is 176 Å². The number of benzene rings is 1. The normalized spacial score (nSPS) is 12.4. The predicted octanol–water partition coefficient (Wildman–Crippen LogP) is 1.11. The summed E-state index contributed by atoms with van der Waals surface area (Å²) in [5, 5.41) is 7.79. The molecule has 0 radical (unpaired) electrons. The molecule has 0 saturated carbocycles. The number of amides is 1. The van der Waals surface area contributed by atoms with Crippen LogP contribution in [-0.2, 0) is 30.8 Å². The van der Waals surface area contributed by atoms with Crippen LogP contribution in [0.4, 0.5) is 0 Å². The van der Waals surface area contributed by atoms with E-state index in [1.165, 1.54) is 19.2 Å². The molecule has 1 aromatic heterocycles. The van der Waals surface area contributed by atoms with E-state index in [2.05, 4.69) is 5.32 Å². The fourth-order valence-corrected chi connectivity index (χ4v) is 3.55. The summed E-state index contributed by atoms with van der Waals surface area (Å²) in [6.45, 7) is 5.83. The van der Waals surface area contributed by atoms with Gasteiger partial charge in [-0.3, -0.25) is 4.79 Å². The Kier molecular flexibility index (Phi) is 7.77. The first-order valence-electron chi connectivity index (χ1n) is 9.26. The largest absolute Gasteiger partial charge is 0.452 e. The second-order valence-corrected chi connectivity index (χ2v) is 8.62. The van der Waals surface area contributed by atoms with Crippen molar-refractivity contribution in [3.63, 3.8) is 0 Å². The number of hydrogen-bond donors (Lipinski definition) is 2. The van der Waals surface area contributed by atoms with Crippen LogP contribution in [0.3, 0.4) is 0 Å². The van der Waals surface area contributed by atoms with E-state index in [-0.39, 0.29) is 17.5 Å². The molecule has 1 atom stereocenters. The quantitative estimate of drug-likeness (QED) is 0.565. The standard InChI is InChI=1S/C20H27N3O6S/c1-13(11-28-4)22-19(24)12-29-20(25)18-9-14(2)23(15(18)3)10-16-5-7-17(8-6-16)30(21,26)27/h5-9,13H,10-12H2,1-4H3,(H,22,24)(H2,21,26,27). The SMILES string of the molecule is COCC(C)NC(=O)COC(=O)c1cc(C)n(Cc2ccc(S(N)(=O)=O)cc2)c1C. The van der Waals surface area contributed by atoms with Crippen molar-refractivity contribution in [3.05, 3.63) is 52.8 Å². The zero-order valence-electron chi connectivity index (χ0n) is 17.5. The molecule has 0 aliphatic carbocycles. The molecule has 1 aromatic carbocycles. The molecule has 0 fully saturated rings. The van der Waals surface area contributed by atoms with Gasteiger partial charge < -0.3 is 19.4 Å². The molecule has 2 rings (SSSR count). The number of hydrogen-bond acceptors (Lipinski definition) is 6. The van der Waals surface area contributed by atoms with Gasteiger partial charge in [0.05, 0.1) is 17.1 Å². The summed E-state index contributed by atoms with van der Waals surface area (Å²) in [7, 11) is -2.21. The molecule has 10 heteroatoms. The van der Waals surface area contributed by atoms with E-state index in [0.29, 0.717) is 24.4 Å². The summed E-state index contributed by atoms with van der Waals surface area (Å²) in [5.74, 6) is -0.995. The molecule has 0 saturated heterocycles. The van der Waals surface area contributed by atoms with Gasteiger partial charge in [0.25, 0.3) is 5.91 Å². The fourth-order valence-electron chi connectivity index (χ4n) is 3.04. The van der Waals surface area contributed by atoms with Crippen molar-refractivity contribution in [2.75, 3.05) is 20.3 Å². The molecule has 1 unspecified atom stereocenters. The number of nitrogens with one attached hydrogen (secondary N) is 1. The zero-order chi connectivity index (χ0) is 22.5. The van der Waals surface area contributed by atoms with Crippen LogP contribution in [0, 0.1) is 13.8 Å². The van der Waals surface area contributed by atoms with Gasteiger partial charge in [0.15, 0.2) is 6.61 Å². The van der Waals surface area contributed by atoms with Crippen LogP contribution < -0.4 is 10.5 Å². The summed E-state index contributed by atoms with van der Waals surface area (Å²) in [6, 6.07) is 7.73. The monoisotopic (exact) mass is 437 g/mol. The van der Waals surface area contributed by atoms with E-state index >= 15 is 0 Å². The third kappa shape index (κ3) is 6.15. The number of methoxy groups -OCH3 is 1. The number of aryl methyl sites for hydroxylation is 1. The predicted molar refractivity (Wildman–Crippen MR) is 111 cm³/mol. The summed E-state index contributed by atoms with van der Waals surface area (Å²) in [5.41, 5.74) is 2.72. The molecule has 164 valence electrons. The maximum Gasteiger partial charge on any atom is 0.340 e. The first kappa shape index (κ1) is 23.6. The maximum atomic E-state index is 12.4. The molecule has 1 amide bonds. The van der Waals surface area contributed by atoms with E-state index in [1.54, 1.807) is 32.0 Å². The number of rotatable bonds is 9. The summed E-state index contributed by atoms with van der Waals surface area (Å²) < 4.78 is 34.7. The lowest BCUT2D eigenvalue weighted by atomic mass is 10.2. The van der Waals surface area contributed by atoms with Gasteiger partial charge in [-0.2, -0.15) is 0 Å². The number of sulfonamides is 1. The Balaban J connectivity index is 2.06. The Bertz CT molecular complexity index is 1010. The van der Waals surface area contributed by atoms with E-state index in [9.17, 15) is 18.0 Å². The number of ether oxygens (including phenoxy) is 2. The zero-order valence-corrected chi connectivity index (χ0v) is 18.3. The average Bonchev–Trinajstić information content (AvgIpc) is 2.94. The summed E-state index contributed by atoms with van der Waals surface area (Å²) >= 11 is 0. The van der Waals surface area contributed by atoms with Crippen molar-refractivity contribution >= 4 is 21.9 Å². The number of carbonyl (C=O) groups excluding carboxylic acids is 2. The minimum absolute atomic E-state index is 0.0366. The Morgan fingerprint density at radius 3 is 2.40 bits per heavy atom. The lowest BCUT2D eigenvalue weighted by Gasteiger charge is -2.13. The van der Waals surface area contributed by atoms with Crippen molar-refractivity contribution in [2.45, 2.75) is 38.3 Å². The lowest BCUT2D eigenvalue weighted by Crippen LogP contribution is -2.38. The molecule has 0 spiro atoms. The van der Waals surface area contributed by atoms with Gasteiger partial charge in [0.2, 0.25) is 10.0 Å². The van der Waals surface area contributed by atoms with Crippen LogP contribution in [-0.4, -0.2) is 51.2 Å². The molecule has 0 aliphatic rings. The Morgan fingerprint density at radius 2 is 1.83 bits per heavy atom. The molecule has 3 N–H and O–H groups in total. The van der Waals surface area contributed by atoms with Gasteiger partial charge >= 0.3 is 5.97 Å². The van der Waals surface area contributed by atoms with Gasteiger partial charge in [0.1, 0.15) is 0 Å². The van der Waals surface area contributed by atoms with Gasteiger partial charge in [-0.25, -0.2) is 18.4 Å². The van der Waals surface area contributed by atoms with E-state index in [1.807, 2.05) is 11.5 Å². The molecular weight excluding hydrogens is 410 g/mol. The van der Waals surface area contributed by atoms with Crippen molar-refractivity contribution in [1.82, 2.24) is 9.88 Å². The summed E-state index contributed by atoms with van der Waals surface area (Å²) in [4.78, 5) is 24.3. The van der Waals surface area contributed by atoms with Crippen LogP contribution >= 0.6 is 0 Å². The van der Waals surface area contributed by atoms with E-state index in [0.717, 1.165) is 11.3 Å².